The van der Waals surface area contributed by atoms with Gasteiger partial charge in [-0.15, -0.1) is 0 Å². The van der Waals surface area contributed by atoms with E-state index in [-0.39, 0.29) is 30.4 Å². The highest BCUT2D eigenvalue weighted by Gasteiger charge is 2.32. The fraction of sp³-hybridized carbons (Fsp3) is 0.400. The number of methoxy groups -OCH3 is 3. The standard InChI is InChI=1S/C60H71Cl3N6O7/c1-41-58(66-69(50-27-26-47(62)37-49(50)63)59(41)44-22-24-46(61)25-23-44)60(72)64-30-15-8-6-9-16-31-67(2)32-17-10-7-14-20-57(71)76-55-38-48-45(36-54(55)75-5)29-33-68(40-56(70)65-39-42-18-12-11-13-19-42)51(48)34-43-21-28-52(73-3)53(35-43)74-4/h11-13,18-19,21-28,35-38,51H,6-10,14-17,20,29-34,39-40H2,1-5H3,(H,64,72)(H,65,70). The van der Waals surface area contributed by atoms with Crippen molar-refractivity contribution in [3.05, 3.63) is 152 Å². The molecule has 7 rings (SSSR count). The van der Waals surface area contributed by atoms with Gasteiger partial charge in [-0.2, -0.15) is 5.10 Å². The number of unbranched alkanes of at least 4 members (excludes halogenated alkanes) is 7. The quantitative estimate of drug-likeness (QED) is 0.0278. The second-order valence-electron chi connectivity index (χ2n) is 19.4. The Morgan fingerprint density at radius 1 is 0.697 bits per heavy atom. The highest BCUT2D eigenvalue weighted by molar-refractivity contribution is 6.35. The molecule has 1 aromatic heterocycles. The molecule has 2 heterocycles. The van der Waals surface area contributed by atoms with Gasteiger partial charge < -0.3 is 34.5 Å². The molecule has 2 N–H and O–H groups in total. The zero-order chi connectivity index (χ0) is 54.0. The molecule has 0 radical (unpaired) electrons. The maximum atomic E-state index is 13.4. The van der Waals surface area contributed by atoms with Crippen LogP contribution in [0.25, 0.3) is 16.9 Å². The van der Waals surface area contributed by atoms with Crippen molar-refractivity contribution in [2.24, 2.45) is 0 Å². The monoisotopic (exact) mass is 1090 g/mol. The Kier molecular flexibility index (Phi) is 21.9. The summed E-state index contributed by atoms with van der Waals surface area (Å²) in [7, 11) is 6.99. The molecule has 1 aliphatic heterocycles. The number of hydrogen-bond acceptors (Lipinski definition) is 10. The molecule has 0 fully saturated rings. The minimum absolute atomic E-state index is 0.0634. The molecule has 76 heavy (non-hydrogen) atoms. The van der Waals surface area contributed by atoms with Gasteiger partial charge in [0.2, 0.25) is 5.91 Å². The van der Waals surface area contributed by atoms with Crippen LogP contribution in [0.4, 0.5) is 0 Å². The van der Waals surface area contributed by atoms with E-state index in [2.05, 4.69) is 27.5 Å². The Hall–Kier alpha value is -6.09. The Morgan fingerprint density at radius 2 is 1.37 bits per heavy atom. The van der Waals surface area contributed by atoms with Crippen LogP contribution in [0.15, 0.2) is 103 Å². The molecule has 6 aromatic rings. The Balaban J connectivity index is 0.814. The molecule has 0 bridgehead atoms. The lowest BCUT2D eigenvalue weighted by Crippen LogP contribution is -2.43. The van der Waals surface area contributed by atoms with Crippen LogP contribution < -0.4 is 29.6 Å². The van der Waals surface area contributed by atoms with Crippen molar-refractivity contribution in [1.29, 1.82) is 0 Å². The van der Waals surface area contributed by atoms with E-state index in [0.717, 1.165) is 110 Å². The van der Waals surface area contributed by atoms with Crippen LogP contribution in [0.2, 0.25) is 15.1 Å². The predicted molar refractivity (Wildman–Crippen MR) is 303 cm³/mol. The number of ether oxygens (including phenoxy) is 4. The molecule has 0 saturated heterocycles. The highest BCUT2D eigenvalue weighted by Crippen LogP contribution is 2.41. The molecular formula is C60H71Cl3N6O7. The molecule has 0 saturated carbocycles. The maximum absolute atomic E-state index is 13.4. The van der Waals surface area contributed by atoms with E-state index < -0.39 is 0 Å². The number of amides is 2. The number of halogens is 3. The van der Waals surface area contributed by atoms with Gasteiger partial charge in [-0.25, -0.2) is 4.68 Å². The number of fused-ring (bicyclic) bond motifs is 1. The normalized spacial score (nSPS) is 13.3. The lowest BCUT2D eigenvalue weighted by atomic mass is 9.88. The number of rotatable bonds is 28. The topological polar surface area (TPSA) is 136 Å². The molecule has 1 atom stereocenters. The summed E-state index contributed by atoms with van der Waals surface area (Å²) in [5.41, 5.74) is 7.46. The van der Waals surface area contributed by atoms with Crippen LogP contribution in [0, 0.1) is 6.92 Å². The lowest BCUT2D eigenvalue weighted by molar-refractivity contribution is -0.134. The third kappa shape index (κ3) is 16.0. The first-order valence-electron chi connectivity index (χ1n) is 26.3. The summed E-state index contributed by atoms with van der Waals surface area (Å²) >= 11 is 19.0. The average Bonchev–Trinajstić information content (AvgIpc) is 3.78. The third-order valence-corrected chi connectivity index (χ3v) is 14.7. The first kappa shape index (κ1) is 57.6. The van der Waals surface area contributed by atoms with Gasteiger partial charge in [0.1, 0.15) is 0 Å². The van der Waals surface area contributed by atoms with Crippen molar-refractivity contribution >= 4 is 52.6 Å². The fourth-order valence-corrected chi connectivity index (χ4v) is 10.4. The van der Waals surface area contributed by atoms with Crippen molar-refractivity contribution in [2.45, 2.75) is 96.6 Å². The molecular weight excluding hydrogens is 1020 g/mol. The van der Waals surface area contributed by atoms with Crippen molar-refractivity contribution < 1.29 is 33.3 Å². The van der Waals surface area contributed by atoms with E-state index >= 15 is 0 Å². The van der Waals surface area contributed by atoms with Gasteiger partial charge in [0.25, 0.3) is 5.91 Å². The SMILES string of the molecule is COc1ccc(CC2c3cc(OC(=O)CCCCCCN(C)CCCCCCCNC(=O)c4nn(-c5ccc(Cl)cc5Cl)c(-c5ccc(Cl)cc5)c4C)c(OC)cc3CCN2CC(=O)NCc2ccccc2)cc1OC. The zero-order valence-corrected chi connectivity index (χ0v) is 46.7. The maximum Gasteiger partial charge on any atom is 0.311 e. The van der Waals surface area contributed by atoms with Crippen LogP contribution in [0.1, 0.15) is 109 Å². The van der Waals surface area contributed by atoms with Crippen LogP contribution in [-0.4, -0.2) is 98.5 Å². The fourth-order valence-electron chi connectivity index (χ4n) is 9.79. The predicted octanol–water partition coefficient (Wildman–Crippen LogP) is 12.5. The van der Waals surface area contributed by atoms with Gasteiger partial charge in [0.15, 0.2) is 28.7 Å². The molecule has 2 amide bonds. The smallest absolute Gasteiger partial charge is 0.311 e. The van der Waals surface area contributed by atoms with E-state index in [1.807, 2.05) is 91.9 Å². The molecule has 13 nitrogen and oxygen atoms in total. The number of hydrogen-bond donors (Lipinski definition) is 2. The van der Waals surface area contributed by atoms with E-state index in [0.29, 0.717) is 88.3 Å². The second kappa shape index (κ2) is 28.9. The number of benzene rings is 5. The Morgan fingerprint density at radius 3 is 2.08 bits per heavy atom. The number of aromatic nitrogens is 2. The first-order valence-corrected chi connectivity index (χ1v) is 27.4. The summed E-state index contributed by atoms with van der Waals surface area (Å²) in [4.78, 5) is 44.8. The van der Waals surface area contributed by atoms with Gasteiger partial charge in [-0.3, -0.25) is 19.3 Å². The van der Waals surface area contributed by atoms with Gasteiger partial charge in [0.05, 0.1) is 44.3 Å². The molecule has 404 valence electrons. The second-order valence-corrected chi connectivity index (χ2v) is 20.7. The van der Waals surface area contributed by atoms with Crippen molar-refractivity contribution in [1.82, 2.24) is 30.2 Å². The number of esters is 1. The molecule has 0 spiro atoms. The number of carbonyl (C=O) groups excluding carboxylic acids is 3. The third-order valence-electron chi connectivity index (χ3n) is 13.9. The molecule has 0 aliphatic carbocycles. The average molecular weight is 1090 g/mol. The molecule has 16 heteroatoms. The summed E-state index contributed by atoms with van der Waals surface area (Å²) < 4.78 is 24.6. The summed E-state index contributed by atoms with van der Waals surface area (Å²) in [6, 6.07) is 32.1. The Bertz CT molecular complexity index is 2880. The minimum Gasteiger partial charge on any atom is -0.493 e. The largest absolute Gasteiger partial charge is 0.493 e. The number of nitrogens with one attached hydrogen (secondary N) is 2. The molecule has 1 unspecified atom stereocenters. The van der Waals surface area contributed by atoms with Gasteiger partial charge in [0, 0.05) is 53.3 Å². The van der Waals surface area contributed by atoms with E-state index in [4.69, 9.17) is 58.8 Å². The summed E-state index contributed by atoms with van der Waals surface area (Å²) in [5, 5.41) is 12.4. The Labute approximate surface area is 463 Å². The van der Waals surface area contributed by atoms with Crippen molar-refractivity contribution in [3.8, 4) is 39.9 Å². The highest BCUT2D eigenvalue weighted by atomic mass is 35.5. The number of nitrogens with zero attached hydrogens (tertiary/aromatic N) is 4. The van der Waals surface area contributed by atoms with E-state index in [1.54, 1.807) is 44.2 Å². The summed E-state index contributed by atoms with van der Waals surface area (Å²) in [6.45, 7) is 5.80. The van der Waals surface area contributed by atoms with Gasteiger partial charge in [-0.1, -0.05) is 115 Å². The lowest BCUT2D eigenvalue weighted by Gasteiger charge is -2.37. The van der Waals surface area contributed by atoms with Gasteiger partial charge in [-0.05, 0) is 142 Å². The van der Waals surface area contributed by atoms with Crippen molar-refractivity contribution in [2.75, 3.05) is 61.1 Å². The van der Waals surface area contributed by atoms with E-state index in [1.165, 1.54) is 0 Å². The van der Waals surface area contributed by atoms with Crippen LogP contribution in [0.3, 0.4) is 0 Å². The summed E-state index contributed by atoms with van der Waals surface area (Å²) in [6.07, 6.45) is 10.6. The number of carbonyl (C=O) groups is 3. The van der Waals surface area contributed by atoms with Crippen LogP contribution in [-0.2, 0) is 29.0 Å². The van der Waals surface area contributed by atoms with E-state index in [9.17, 15) is 14.4 Å². The van der Waals surface area contributed by atoms with Crippen LogP contribution in [0.5, 0.6) is 23.0 Å². The van der Waals surface area contributed by atoms with Gasteiger partial charge >= 0.3 is 5.97 Å². The zero-order valence-electron chi connectivity index (χ0n) is 44.4. The minimum atomic E-state index is -0.297. The van der Waals surface area contributed by atoms with Crippen molar-refractivity contribution in [3.63, 3.8) is 0 Å². The molecule has 5 aromatic carbocycles. The molecule has 1 aliphatic rings. The first-order chi connectivity index (χ1) is 36.8. The van der Waals surface area contributed by atoms with Crippen LogP contribution >= 0.6 is 34.8 Å². The summed E-state index contributed by atoms with van der Waals surface area (Å²) in [5.74, 6) is 1.58.